The summed E-state index contributed by atoms with van der Waals surface area (Å²) < 4.78 is 0. The highest BCUT2D eigenvalue weighted by atomic mass is 32.1. The number of rotatable bonds is 4. The number of hydrogen-bond donors (Lipinski definition) is 2. The van der Waals surface area contributed by atoms with Gasteiger partial charge in [-0.2, -0.15) is 0 Å². The molecule has 1 unspecified atom stereocenters. The van der Waals surface area contributed by atoms with Crippen LogP contribution in [0.25, 0.3) is 0 Å². The van der Waals surface area contributed by atoms with Gasteiger partial charge in [0.15, 0.2) is 10.8 Å². The predicted molar refractivity (Wildman–Crippen MR) is 70.1 cm³/mol. The Kier molecular flexibility index (Phi) is 3.57. The Balaban J connectivity index is 2.15. The molecule has 0 radical (unpaired) electrons. The summed E-state index contributed by atoms with van der Waals surface area (Å²) in [5.41, 5.74) is 1.19. The Hall–Kier alpha value is -1.95. The lowest BCUT2D eigenvalue weighted by Crippen LogP contribution is -2.07. The molecule has 0 amide bonds. The van der Waals surface area contributed by atoms with E-state index in [0.29, 0.717) is 10.0 Å². The van der Waals surface area contributed by atoms with Gasteiger partial charge in [0.1, 0.15) is 0 Å². The molecule has 5 nitrogen and oxygen atoms in total. The molecule has 0 spiro atoms. The van der Waals surface area contributed by atoms with Crippen molar-refractivity contribution in [2.45, 2.75) is 19.9 Å². The van der Waals surface area contributed by atoms with Crippen molar-refractivity contribution in [2.24, 2.45) is 0 Å². The van der Waals surface area contributed by atoms with Crippen molar-refractivity contribution >= 4 is 22.4 Å². The van der Waals surface area contributed by atoms with E-state index in [2.05, 4.69) is 15.3 Å². The highest BCUT2D eigenvalue weighted by Gasteiger charge is 2.15. The van der Waals surface area contributed by atoms with Gasteiger partial charge >= 0.3 is 5.97 Å². The van der Waals surface area contributed by atoms with Crippen molar-refractivity contribution in [3.63, 3.8) is 0 Å². The van der Waals surface area contributed by atoms with Gasteiger partial charge in [-0.1, -0.05) is 0 Å². The smallest absolute Gasteiger partial charge is 0.355 e. The van der Waals surface area contributed by atoms with Gasteiger partial charge in [-0.05, 0) is 31.5 Å². The molecule has 6 heteroatoms. The number of nitrogens with one attached hydrogen (secondary N) is 1. The molecule has 1 atom stereocenters. The van der Waals surface area contributed by atoms with E-state index < -0.39 is 5.97 Å². The monoisotopic (exact) mass is 263 g/mol. The second kappa shape index (κ2) is 5.14. The normalized spacial score (nSPS) is 12.1. The molecule has 0 aliphatic rings. The van der Waals surface area contributed by atoms with E-state index in [0.717, 1.165) is 5.56 Å². The van der Waals surface area contributed by atoms with E-state index in [4.69, 9.17) is 5.11 Å². The number of thiazole rings is 1. The number of aromatic nitrogens is 2. The fraction of sp³-hybridized carbons (Fsp3) is 0.250. The molecule has 0 fully saturated rings. The average Bonchev–Trinajstić information content (AvgIpc) is 2.71. The molecule has 2 heterocycles. The van der Waals surface area contributed by atoms with Crippen LogP contribution in [-0.2, 0) is 0 Å². The van der Waals surface area contributed by atoms with Crippen molar-refractivity contribution in [3.8, 4) is 0 Å². The van der Waals surface area contributed by atoms with E-state index in [1.54, 1.807) is 19.3 Å². The van der Waals surface area contributed by atoms with E-state index >= 15 is 0 Å². The first kappa shape index (κ1) is 12.5. The molecule has 0 saturated carbocycles. The molecular weight excluding hydrogens is 250 g/mol. The zero-order valence-electron chi connectivity index (χ0n) is 10.0. The van der Waals surface area contributed by atoms with Gasteiger partial charge in [-0.25, -0.2) is 9.78 Å². The van der Waals surface area contributed by atoms with Gasteiger partial charge in [-0.3, -0.25) is 4.98 Å². The fourth-order valence-electron chi connectivity index (χ4n) is 1.58. The number of carbonyl (C=O) groups is 1. The lowest BCUT2D eigenvalue weighted by Gasteiger charge is -2.12. The Morgan fingerprint density at radius 2 is 2.11 bits per heavy atom. The zero-order chi connectivity index (χ0) is 13.1. The molecule has 0 aromatic carbocycles. The van der Waals surface area contributed by atoms with Crippen molar-refractivity contribution in [1.29, 1.82) is 0 Å². The third kappa shape index (κ3) is 2.65. The maximum Gasteiger partial charge on any atom is 0.355 e. The van der Waals surface area contributed by atoms with Gasteiger partial charge < -0.3 is 10.4 Å². The van der Waals surface area contributed by atoms with Crippen molar-refractivity contribution in [2.75, 3.05) is 5.32 Å². The maximum absolute atomic E-state index is 10.9. The number of nitrogens with zero attached hydrogens (tertiary/aromatic N) is 2. The van der Waals surface area contributed by atoms with Gasteiger partial charge in [0, 0.05) is 17.3 Å². The minimum absolute atomic E-state index is 0.0557. The van der Waals surface area contributed by atoms with Crippen molar-refractivity contribution in [1.82, 2.24) is 9.97 Å². The molecule has 0 aliphatic carbocycles. The molecule has 0 saturated heterocycles. The molecular formula is C12H13N3O2S. The van der Waals surface area contributed by atoms with Gasteiger partial charge in [0.05, 0.1) is 6.04 Å². The highest BCUT2D eigenvalue weighted by molar-refractivity contribution is 7.15. The average molecular weight is 263 g/mol. The minimum atomic E-state index is -0.992. The second-order valence-corrected chi connectivity index (χ2v) is 5.08. The Morgan fingerprint density at radius 1 is 1.44 bits per heavy atom. The predicted octanol–water partition coefficient (Wildman–Crippen LogP) is 2.72. The van der Waals surface area contributed by atoms with Gasteiger partial charge in [0.25, 0.3) is 0 Å². The standard InChI is InChI=1S/C12H13N3O2S/c1-7(9-3-5-13-6-4-9)14-12-15-10(11(16)17)8(2)18-12/h3-7H,1-2H3,(H,14,15)(H,16,17). The number of anilines is 1. The van der Waals surface area contributed by atoms with Crippen LogP contribution in [0.15, 0.2) is 24.5 Å². The summed E-state index contributed by atoms with van der Waals surface area (Å²) in [5, 5.41) is 12.7. The molecule has 2 aromatic rings. The number of carboxylic acids is 1. The van der Waals surface area contributed by atoms with E-state index in [1.165, 1.54) is 11.3 Å². The molecule has 2 N–H and O–H groups in total. The third-order valence-corrected chi connectivity index (χ3v) is 3.45. The first-order valence-corrected chi connectivity index (χ1v) is 6.26. The SMILES string of the molecule is Cc1sc(NC(C)c2ccncc2)nc1C(=O)O. The Bertz CT molecular complexity index is 554. The second-order valence-electron chi connectivity index (χ2n) is 3.88. The summed E-state index contributed by atoms with van der Waals surface area (Å²) in [7, 11) is 0. The topological polar surface area (TPSA) is 75.1 Å². The van der Waals surface area contributed by atoms with Crippen LogP contribution >= 0.6 is 11.3 Å². The van der Waals surface area contributed by atoms with Crippen molar-refractivity contribution in [3.05, 3.63) is 40.7 Å². The molecule has 0 aliphatic heterocycles. The van der Waals surface area contributed by atoms with Crippen LogP contribution in [0.5, 0.6) is 0 Å². The van der Waals surface area contributed by atoms with Crippen LogP contribution in [0.2, 0.25) is 0 Å². The summed E-state index contributed by atoms with van der Waals surface area (Å²) in [4.78, 5) is 19.6. The lowest BCUT2D eigenvalue weighted by molar-refractivity contribution is 0.0690. The number of pyridine rings is 1. The molecule has 94 valence electrons. The van der Waals surface area contributed by atoms with Crippen LogP contribution in [0, 0.1) is 6.92 Å². The van der Waals surface area contributed by atoms with E-state index in [1.807, 2.05) is 19.1 Å². The van der Waals surface area contributed by atoms with Crippen LogP contribution in [0.4, 0.5) is 5.13 Å². The summed E-state index contributed by atoms with van der Waals surface area (Å²) in [6.07, 6.45) is 3.45. The van der Waals surface area contributed by atoms with Crippen LogP contribution < -0.4 is 5.32 Å². The largest absolute Gasteiger partial charge is 0.476 e. The molecule has 0 bridgehead atoms. The first-order chi connectivity index (χ1) is 8.58. The van der Waals surface area contributed by atoms with Gasteiger partial charge in [-0.15, -0.1) is 11.3 Å². The fourth-order valence-corrected chi connectivity index (χ4v) is 2.47. The Morgan fingerprint density at radius 3 is 2.67 bits per heavy atom. The lowest BCUT2D eigenvalue weighted by atomic mass is 10.1. The minimum Gasteiger partial charge on any atom is -0.476 e. The number of carboxylic acid groups (broad SMARTS) is 1. The summed E-state index contributed by atoms with van der Waals surface area (Å²) >= 11 is 1.35. The maximum atomic E-state index is 10.9. The number of hydrogen-bond acceptors (Lipinski definition) is 5. The Labute approximate surface area is 109 Å². The van der Waals surface area contributed by atoms with Crippen molar-refractivity contribution < 1.29 is 9.90 Å². The third-order valence-electron chi connectivity index (χ3n) is 2.55. The molecule has 2 rings (SSSR count). The zero-order valence-corrected chi connectivity index (χ0v) is 10.9. The summed E-state index contributed by atoms with van der Waals surface area (Å²) in [5.74, 6) is -0.992. The quantitative estimate of drug-likeness (QED) is 0.887. The summed E-state index contributed by atoms with van der Waals surface area (Å²) in [6, 6.07) is 3.88. The van der Waals surface area contributed by atoms with Crippen LogP contribution in [-0.4, -0.2) is 21.0 Å². The van der Waals surface area contributed by atoms with E-state index in [9.17, 15) is 4.79 Å². The van der Waals surface area contributed by atoms with Crippen LogP contribution in [0.3, 0.4) is 0 Å². The number of aromatic carboxylic acids is 1. The first-order valence-electron chi connectivity index (χ1n) is 5.45. The molecule has 18 heavy (non-hydrogen) atoms. The summed E-state index contributed by atoms with van der Waals surface area (Å²) in [6.45, 7) is 3.75. The van der Waals surface area contributed by atoms with Gasteiger partial charge in [0.2, 0.25) is 0 Å². The molecule has 2 aromatic heterocycles. The van der Waals surface area contributed by atoms with E-state index in [-0.39, 0.29) is 11.7 Å². The van der Waals surface area contributed by atoms with Crippen LogP contribution in [0.1, 0.15) is 33.9 Å². The number of aryl methyl sites for hydroxylation is 1. The highest BCUT2D eigenvalue weighted by Crippen LogP contribution is 2.25.